The molecule has 0 aliphatic heterocycles. The number of benzene rings is 2. The first-order valence-electron chi connectivity index (χ1n) is 12.1. The van der Waals surface area contributed by atoms with Crippen LogP contribution in [-0.2, 0) is 16.1 Å². The lowest BCUT2D eigenvalue weighted by Crippen LogP contribution is -2.48. The largest absolute Gasteiger partial charge is 0.463 e. The van der Waals surface area contributed by atoms with E-state index in [1.165, 1.54) is 43.6 Å². The minimum absolute atomic E-state index is 0.0148. The topological polar surface area (TPSA) is 116 Å². The van der Waals surface area contributed by atoms with Crippen molar-refractivity contribution >= 4 is 40.1 Å². The highest BCUT2D eigenvalue weighted by molar-refractivity contribution is 6.31. The van der Waals surface area contributed by atoms with E-state index in [4.69, 9.17) is 26.9 Å². The first kappa shape index (κ1) is 30.8. The molecule has 13 heteroatoms. The third kappa shape index (κ3) is 8.36. The fourth-order valence-corrected chi connectivity index (χ4v) is 3.95. The number of fused-ring (bicyclic) bond motifs is 1. The van der Waals surface area contributed by atoms with E-state index in [0.717, 1.165) is 11.0 Å². The van der Waals surface area contributed by atoms with Crippen molar-refractivity contribution in [1.82, 2.24) is 15.2 Å². The molecular weight excluding hydrogens is 556 g/mol. The summed E-state index contributed by atoms with van der Waals surface area (Å²) in [5, 5.41) is 20.7. The van der Waals surface area contributed by atoms with E-state index >= 15 is 0 Å². The quantitative estimate of drug-likeness (QED) is 0.156. The summed E-state index contributed by atoms with van der Waals surface area (Å²) in [4.78, 5) is 30.0. The molecule has 1 aromatic heterocycles. The van der Waals surface area contributed by atoms with E-state index in [1.807, 2.05) is 0 Å². The fourth-order valence-electron chi connectivity index (χ4n) is 3.76. The van der Waals surface area contributed by atoms with Crippen LogP contribution in [0, 0.1) is 17.0 Å². The highest BCUT2D eigenvalue weighted by atomic mass is 35.5. The molecule has 0 unspecified atom stereocenters. The molecule has 3 rings (SSSR count). The zero-order valence-corrected chi connectivity index (χ0v) is 22.2. The van der Waals surface area contributed by atoms with E-state index in [1.54, 1.807) is 6.07 Å². The molecule has 0 bridgehead atoms. The Morgan fingerprint density at radius 3 is 2.65 bits per heavy atom. The Bertz CT molecular complexity index is 1390. The first-order valence-corrected chi connectivity index (χ1v) is 12.5. The molecule has 214 valence electrons. The molecule has 0 spiro atoms. The molecule has 0 radical (unpaired) electrons. The molecule has 0 saturated heterocycles. The van der Waals surface area contributed by atoms with Crippen molar-refractivity contribution in [2.75, 3.05) is 20.3 Å². The highest BCUT2D eigenvalue weighted by Gasteiger charge is 2.35. The number of aromatic nitrogens is 1. The molecule has 1 heterocycles. The Hall–Kier alpha value is -3.77. The number of ether oxygens (including phenoxy) is 1. The highest BCUT2D eigenvalue weighted by Crippen LogP contribution is 2.23. The van der Waals surface area contributed by atoms with Crippen molar-refractivity contribution in [2.45, 2.75) is 37.8 Å². The number of hydrogen-bond donors (Lipinski definition) is 3. The van der Waals surface area contributed by atoms with Gasteiger partial charge in [0.1, 0.15) is 24.8 Å². The predicted molar refractivity (Wildman–Crippen MR) is 141 cm³/mol. The van der Waals surface area contributed by atoms with Crippen LogP contribution < -0.4 is 5.32 Å². The molecule has 2 amide bonds. The minimum atomic E-state index is -3.57. The van der Waals surface area contributed by atoms with Gasteiger partial charge < -0.3 is 25.5 Å². The van der Waals surface area contributed by atoms with Crippen LogP contribution in [0.1, 0.15) is 30.5 Å². The Morgan fingerprint density at radius 1 is 1.18 bits per heavy atom. The number of esters is 1. The monoisotopic (exact) mass is 582 g/mol. The van der Waals surface area contributed by atoms with Gasteiger partial charge in [-0.1, -0.05) is 23.7 Å². The van der Waals surface area contributed by atoms with Gasteiger partial charge in [0.15, 0.2) is 0 Å². The normalized spacial score (nSPS) is 12.2. The van der Waals surface area contributed by atoms with Crippen LogP contribution in [-0.4, -0.2) is 64.9 Å². The molecule has 3 N–H and O–H groups in total. The van der Waals surface area contributed by atoms with Gasteiger partial charge >= 0.3 is 12.0 Å². The average molecular weight is 583 g/mol. The van der Waals surface area contributed by atoms with Gasteiger partial charge in [-0.05, 0) is 41.3 Å². The number of aliphatic hydroxyl groups is 1. The third-order valence-corrected chi connectivity index (χ3v) is 6.53. The summed E-state index contributed by atoms with van der Waals surface area (Å²) in [6.07, 6.45) is 0.106. The maximum absolute atomic E-state index is 14.0. The Morgan fingerprint density at radius 2 is 1.93 bits per heavy atom. The zero-order valence-electron chi connectivity index (χ0n) is 21.4. The Balaban J connectivity index is 1.58. The number of pyridine rings is 1. The van der Waals surface area contributed by atoms with Crippen LogP contribution in [0.15, 0.2) is 48.7 Å². The van der Waals surface area contributed by atoms with Gasteiger partial charge in [-0.3, -0.25) is 9.78 Å². The average Bonchev–Trinajstić information content (AvgIpc) is 2.93. The van der Waals surface area contributed by atoms with Crippen LogP contribution >= 0.6 is 11.6 Å². The summed E-state index contributed by atoms with van der Waals surface area (Å²) in [7, 11) is 1.21. The lowest BCUT2D eigenvalue weighted by atomic mass is 10.1. The van der Waals surface area contributed by atoms with Crippen LogP contribution in [0.25, 0.3) is 10.8 Å². The van der Waals surface area contributed by atoms with Crippen molar-refractivity contribution < 1.29 is 37.0 Å². The summed E-state index contributed by atoms with van der Waals surface area (Å²) >= 11 is 5.87. The van der Waals surface area contributed by atoms with E-state index in [0.29, 0.717) is 10.8 Å². The minimum Gasteiger partial charge on any atom is -0.463 e. The SMILES string of the molecule is CN(C(=O)NCc1cccc(F)c1Cl)[C@H](COC(=O)CCC(=N)c1cc2cc(F)ccc2cn1)CC(F)(F)CO. The van der Waals surface area contributed by atoms with Crippen molar-refractivity contribution in [1.29, 1.82) is 5.41 Å². The standard InChI is InChI=1S/C27H27ClF4N4O4/c1-36(26(39)35-13-17-3-2-4-21(30)25(17)28)20(11-27(31,32)15-37)14-40-24(38)8-7-22(33)23-10-18-9-19(29)6-5-16(18)12-34-23/h2-6,9-10,12,20,33,37H,7-8,11,13-15H2,1H3,(H,35,39)/t20-/m0/s1. The number of carbonyl (C=O) groups is 2. The summed E-state index contributed by atoms with van der Waals surface area (Å²) in [6.45, 7) is -2.29. The number of nitrogens with zero attached hydrogens (tertiary/aromatic N) is 2. The van der Waals surface area contributed by atoms with Gasteiger partial charge in [-0.25, -0.2) is 22.4 Å². The molecule has 0 saturated carbocycles. The summed E-state index contributed by atoms with van der Waals surface area (Å²) in [5.74, 6) is -5.51. The van der Waals surface area contributed by atoms with Gasteiger partial charge in [-0.15, -0.1) is 0 Å². The van der Waals surface area contributed by atoms with Crippen molar-refractivity contribution in [3.8, 4) is 0 Å². The van der Waals surface area contributed by atoms with Gasteiger partial charge in [-0.2, -0.15) is 0 Å². The van der Waals surface area contributed by atoms with E-state index < -0.39 is 55.2 Å². The third-order valence-electron chi connectivity index (χ3n) is 6.10. The van der Waals surface area contributed by atoms with Crippen molar-refractivity contribution in [3.63, 3.8) is 0 Å². The molecule has 0 aliphatic carbocycles. The number of hydrogen-bond acceptors (Lipinski definition) is 6. The number of carbonyl (C=O) groups excluding carboxylic acids is 2. The maximum Gasteiger partial charge on any atom is 0.317 e. The van der Waals surface area contributed by atoms with Gasteiger partial charge in [0, 0.05) is 38.0 Å². The second-order valence-corrected chi connectivity index (χ2v) is 9.46. The number of likely N-dealkylation sites (N-methyl/N-ethyl adjacent to an activating group) is 1. The molecule has 8 nitrogen and oxygen atoms in total. The molecule has 0 fully saturated rings. The number of aliphatic hydroxyl groups excluding tert-OH is 1. The molecule has 40 heavy (non-hydrogen) atoms. The summed E-state index contributed by atoms with van der Waals surface area (Å²) < 4.78 is 60.3. The smallest absolute Gasteiger partial charge is 0.317 e. The Labute approximate surface area is 232 Å². The van der Waals surface area contributed by atoms with Gasteiger partial charge in [0.25, 0.3) is 5.92 Å². The predicted octanol–water partition coefficient (Wildman–Crippen LogP) is 5.09. The second-order valence-electron chi connectivity index (χ2n) is 9.08. The molecular formula is C27H27ClF4N4O4. The number of rotatable bonds is 12. The number of halogens is 5. The van der Waals surface area contributed by atoms with Crippen molar-refractivity contribution in [3.05, 3.63) is 76.6 Å². The lowest BCUT2D eigenvalue weighted by Gasteiger charge is -2.30. The van der Waals surface area contributed by atoms with E-state index in [9.17, 15) is 27.2 Å². The second kappa shape index (κ2) is 13.5. The first-order chi connectivity index (χ1) is 18.9. The summed E-state index contributed by atoms with van der Waals surface area (Å²) in [6, 6.07) is 7.51. The van der Waals surface area contributed by atoms with E-state index in [-0.39, 0.29) is 41.4 Å². The summed E-state index contributed by atoms with van der Waals surface area (Å²) in [5.41, 5.74) is 0.487. The molecule has 1 atom stereocenters. The van der Waals surface area contributed by atoms with Crippen LogP contribution in [0.2, 0.25) is 5.02 Å². The fraction of sp³-hybridized carbons (Fsp3) is 0.333. The van der Waals surface area contributed by atoms with Gasteiger partial charge in [0.2, 0.25) is 0 Å². The van der Waals surface area contributed by atoms with Crippen LogP contribution in [0.3, 0.4) is 0 Å². The van der Waals surface area contributed by atoms with Gasteiger partial charge in [0.05, 0.1) is 28.9 Å². The number of amides is 2. The Kier molecular flexibility index (Phi) is 10.4. The van der Waals surface area contributed by atoms with Crippen molar-refractivity contribution in [2.24, 2.45) is 0 Å². The number of alkyl halides is 2. The van der Waals surface area contributed by atoms with E-state index in [2.05, 4.69) is 10.3 Å². The zero-order chi connectivity index (χ0) is 29.4. The van der Waals surface area contributed by atoms with Crippen LogP contribution in [0.4, 0.5) is 22.4 Å². The number of urea groups is 1. The lowest BCUT2D eigenvalue weighted by molar-refractivity contribution is -0.146. The number of nitrogens with one attached hydrogen (secondary N) is 2. The molecule has 3 aromatic rings. The van der Waals surface area contributed by atoms with Crippen LogP contribution in [0.5, 0.6) is 0 Å². The maximum atomic E-state index is 14.0. The molecule has 0 aliphatic rings. The molecule has 2 aromatic carbocycles.